The summed E-state index contributed by atoms with van der Waals surface area (Å²) in [5.74, 6) is -0.0423. The van der Waals surface area contributed by atoms with E-state index in [0.717, 1.165) is 5.56 Å². The van der Waals surface area contributed by atoms with Gasteiger partial charge in [-0.3, -0.25) is 9.59 Å². The van der Waals surface area contributed by atoms with Crippen molar-refractivity contribution in [2.24, 2.45) is 0 Å². The molecule has 0 saturated carbocycles. The van der Waals surface area contributed by atoms with Crippen molar-refractivity contribution >= 4 is 49.2 Å². The van der Waals surface area contributed by atoms with Crippen LogP contribution in [0.5, 0.6) is 0 Å². The smallest absolute Gasteiger partial charge is 0.235 e. The fourth-order valence-electron chi connectivity index (χ4n) is 1.24. The second-order valence-corrected chi connectivity index (χ2v) is 4.31. The first-order chi connectivity index (χ1) is 7.67. The van der Waals surface area contributed by atoms with E-state index in [1.807, 2.05) is 18.2 Å². The molecule has 0 unspecified atom stereocenters. The van der Waals surface area contributed by atoms with Gasteiger partial charge in [-0.05, 0) is 11.6 Å². The maximum absolute atomic E-state index is 11.3. The maximum atomic E-state index is 11.3. The molecular formula is C11H11Br2NO2. The largest absolute Gasteiger partial charge is 0.325 e. The van der Waals surface area contributed by atoms with Crippen molar-refractivity contribution in [3.05, 3.63) is 29.8 Å². The highest BCUT2D eigenvalue weighted by Gasteiger charge is 2.08. The molecule has 0 aliphatic rings. The summed E-state index contributed by atoms with van der Waals surface area (Å²) < 4.78 is 0. The van der Waals surface area contributed by atoms with E-state index in [2.05, 4.69) is 37.2 Å². The van der Waals surface area contributed by atoms with Crippen LogP contribution in [-0.4, -0.2) is 22.4 Å². The Kier molecular flexibility index (Phi) is 5.69. The first-order valence-corrected chi connectivity index (χ1v) is 6.93. The van der Waals surface area contributed by atoms with E-state index in [1.165, 1.54) is 0 Å². The average Bonchev–Trinajstić information content (AvgIpc) is 2.31. The van der Waals surface area contributed by atoms with Crippen LogP contribution in [0, 0.1) is 0 Å². The number of Topliss-reactive ketones (excluding diaryl/α,β-unsaturated/α-hetero) is 1. The number of carbonyl (C=O) groups is 2. The van der Waals surface area contributed by atoms with Crippen LogP contribution in [0.4, 0.5) is 5.69 Å². The molecule has 0 aliphatic carbocycles. The average molecular weight is 349 g/mol. The molecular weight excluding hydrogens is 338 g/mol. The van der Waals surface area contributed by atoms with Crippen LogP contribution in [-0.2, 0) is 16.0 Å². The maximum Gasteiger partial charge on any atom is 0.235 e. The number of rotatable bonds is 5. The highest BCUT2D eigenvalue weighted by atomic mass is 79.9. The Hall–Kier alpha value is -0.680. The van der Waals surface area contributed by atoms with E-state index in [4.69, 9.17) is 0 Å². The highest BCUT2D eigenvalue weighted by molar-refractivity contribution is 9.09. The fourth-order valence-corrected chi connectivity index (χ4v) is 1.58. The van der Waals surface area contributed by atoms with Gasteiger partial charge < -0.3 is 5.32 Å². The van der Waals surface area contributed by atoms with E-state index in [1.54, 1.807) is 6.07 Å². The minimum absolute atomic E-state index is 0.0838. The zero-order chi connectivity index (χ0) is 12.0. The summed E-state index contributed by atoms with van der Waals surface area (Å²) in [6.45, 7) is 0. The molecule has 0 fully saturated rings. The standard InChI is InChI=1S/C11H11Br2NO2/c12-6-9(15)5-8-3-1-2-4-10(8)14-11(16)7-13/h1-4H,5-7H2,(H,14,16). The number of hydrogen-bond donors (Lipinski definition) is 1. The number of ketones is 1. The third-order valence-corrected chi connectivity index (χ3v) is 3.08. The molecule has 0 bridgehead atoms. The molecule has 5 heteroatoms. The third kappa shape index (κ3) is 4.06. The number of alkyl halides is 2. The molecule has 1 aromatic carbocycles. The van der Waals surface area contributed by atoms with Crippen LogP contribution in [0.15, 0.2) is 24.3 Å². The van der Waals surface area contributed by atoms with Gasteiger partial charge in [-0.2, -0.15) is 0 Å². The van der Waals surface area contributed by atoms with Crippen molar-refractivity contribution < 1.29 is 9.59 Å². The Morgan fingerprint density at radius 1 is 1.12 bits per heavy atom. The third-order valence-electron chi connectivity index (χ3n) is 1.95. The van der Waals surface area contributed by atoms with E-state index < -0.39 is 0 Å². The lowest BCUT2D eigenvalue weighted by molar-refractivity contribution is -0.116. The van der Waals surface area contributed by atoms with Crippen molar-refractivity contribution in [1.29, 1.82) is 0 Å². The van der Waals surface area contributed by atoms with E-state index >= 15 is 0 Å². The minimum Gasteiger partial charge on any atom is -0.325 e. The topological polar surface area (TPSA) is 46.2 Å². The predicted octanol–water partition coefficient (Wildman–Crippen LogP) is 2.53. The van der Waals surface area contributed by atoms with Gasteiger partial charge in [0, 0.05) is 12.1 Å². The Labute approximate surface area is 111 Å². The van der Waals surface area contributed by atoms with Gasteiger partial charge in [0.2, 0.25) is 5.91 Å². The zero-order valence-corrected chi connectivity index (χ0v) is 11.7. The second-order valence-electron chi connectivity index (χ2n) is 3.19. The number of amides is 1. The highest BCUT2D eigenvalue weighted by Crippen LogP contribution is 2.16. The van der Waals surface area contributed by atoms with Gasteiger partial charge in [0.1, 0.15) is 5.78 Å². The summed E-state index contributed by atoms with van der Waals surface area (Å²) in [5, 5.41) is 3.31. The summed E-state index contributed by atoms with van der Waals surface area (Å²) >= 11 is 6.19. The molecule has 0 saturated heterocycles. The van der Waals surface area contributed by atoms with Crippen LogP contribution < -0.4 is 5.32 Å². The van der Waals surface area contributed by atoms with Crippen LogP contribution in [0.2, 0.25) is 0 Å². The molecule has 0 atom stereocenters. The molecule has 0 aliphatic heterocycles. The quantitative estimate of drug-likeness (QED) is 0.831. The van der Waals surface area contributed by atoms with Crippen LogP contribution in [0.3, 0.4) is 0 Å². The normalized spacial score (nSPS) is 9.88. The lowest BCUT2D eigenvalue weighted by Crippen LogP contribution is -2.15. The van der Waals surface area contributed by atoms with E-state index in [-0.39, 0.29) is 17.0 Å². The Morgan fingerprint density at radius 2 is 1.81 bits per heavy atom. The summed E-state index contributed by atoms with van der Waals surface area (Å²) in [4.78, 5) is 22.6. The minimum atomic E-state index is -0.126. The van der Waals surface area contributed by atoms with Gasteiger partial charge in [-0.15, -0.1) is 0 Å². The van der Waals surface area contributed by atoms with E-state index in [9.17, 15) is 9.59 Å². The van der Waals surface area contributed by atoms with Gasteiger partial charge in [-0.1, -0.05) is 50.1 Å². The zero-order valence-electron chi connectivity index (χ0n) is 8.50. The summed E-state index contributed by atoms with van der Waals surface area (Å²) in [7, 11) is 0. The molecule has 0 spiro atoms. The van der Waals surface area contributed by atoms with Gasteiger partial charge >= 0.3 is 0 Å². The van der Waals surface area contributed by atoms with Gasteiger partial charge in [0.15, 0.2) is 0 Å². The van der Waals surface area contributed by atoms with Crippen LogP contribution in [0.25, 0.3) is 0 Å². The monoisotopic (exact) mass is 347 g/mol. The van der Waals surface area contributed by atoms with E-state index in [0.29, 0.717) is 17.4 Å². The summed E-state index contributed by atoms with van der Waals surface area (Å²) in [6, 6.07) is 7.30. The summed E-state index contributed by atoms with van der Waals surface area (Å²) in [5.41, 5.74) is 1.53. The Balaban J connectivity index is 2.83. The van der Waals surface area contributed by atoms with Crippen molar-refractivity contribution in [2.45, 2.75) is 6.42 Å². The number of carbonyl (C=O) groups excluding carboxylic acids is 2. The number of nitrogens with one attached hydrogen (secondary N) is 1. The molecule has 3 nitrogen and oxygen atoms in total. The van der Waals surface area contributed by atoms with Gasteiger partial charge in [0.05, 0.1) is 10.7 Å². The van der Waals surface area contributed by atoms with Gasteiger partial charge in [-0.25, -0.2) is 0 Å². The summed E-state index contributed by atoms with van der Waals surface area (Å²) in [6.07, 6.45) is 0.323. The number of para-hydroxylation sites is 1. The van der Waals surface area contributed by atoms with Crippen molar-refractivity contribution in [2.75, 3.05) is 16.0 Å². The molecule has 1 amide bonds. The molecule has 86 valence electrons. The number of anilines is 1. The Bertz CT molecular complexity index is 356. The van der Waals surface area contributed by atoms with Crippen molar-refractivity contribution in [3.63, 3.8) is 0 Å². The number of halogens is 2. The lowest BCUT2D eigenvalue weighted by atomic mass is 10.1. The number of benzene rings is 1. The molecule has 16 heavy (non-hydrogen) atoms. The Morgan fingerprint density at radius 3 is 2.44 bits per heavy atom. The number of hydrogen-bond acceptors (Lipinski definition) is 2. The van der Waals surface area contributed by atoms with Crippen molar-refractivity contribution in [1.82, 2.24) is 0 Å². The van der Waals surface area contributed by atoms with Crippen LogP contribution in [0.1, 0.15) is 5.56 Å². The molecule has 1 rings (SSSR count). The SMILES string of the molecule is O=C(CBr)Cc1ccccc1NC(=O)CBr. The molecule has 1 aromatic rings. The lowest BCUT2D eigenvalue weighted by Gasteiger charge is -2.08. The molecule has 1 N–H and O–H groups in total. The fraction of sp³-hybridized carbons (Fsp3) is 0.273. The van der Waals surface area contributed by atoms with Gasteiger partial charge in [0.25, 0.3) is 0 Å². The van der Waals surface area contributed by atoms with Crippen molar-refractivity contribution in [3.8, 4) is 0 Å². The molecule has 0 aromatic heterocycles. The van der Waals surface area contributed by atoms with Crippen LogP contribution >= 0.6 is 31.9 Å². The molecule has 0 radical (unpaired) electrons. The predicted molar refractivity (Wildman–Crippen MR) is 71.4 cm³/mol. The molecule has 0 heterocycles. The first kappa shape index (κ1) is 13.4. The first-order valence-electron chi connectivity index (χ1n) is 4.68. The second kappa shape index (κ2) is 6.81.